The zero-order chi connectivity index (χ0) is 9.30. The number of carbonyl (C=O) groups is 1. The second-order valence-corrected chi connectivity index (χ2v) is 3.23. The topological polar surface area (TPSA) is 43.1 Å². The largest absolute Gasteiger partial charge is 0.396 e. The molecule has 0 saturated heterocycles. The number of Topliss-reactive ketones (excluding diaryl/α,β-unsaturated/α-hetero) is 1. The summed E-state index contributed by atoms with van der Waals surface area (Å²) in [6.45, 7) is 1.34. The second kappa shape index (κ2) is 3.23. The highest BCUT2D eigenvalue weighted by Gasteiger charge is 2.12. The van der Waals surface area contributed by atoms with Gasteiger partial charge in [0.05, 0.1) is 11.3 Å². The molecular weight excluding hydrogens is 225 g/mol. The van der Waals surface area contributed by atoms with Crippen LogP contribution in [0.3, 0.4) is 0 Å². The van der Waals surface area contributed by atoms with Gasteiger partial charge < -0.3 is 5.73 Å². The number of hydrogen-bond donors (Lipinski definition) is 1. The summed E-state index contributed by atoms with van der Waals surface area (Å²) in [5.41, 5.74) is 5.46. The minimum Gasteiger partial charge on any atom is -0.396 e. The minimum absolute atomic E-state index is 0.100. The normalized spacial score (nSPS) is 9.92. The lowest BCUT2D eigenvalue weighted by molar-refractivity contribution is 0.101. The van der Waals surface area contributed by atoms with Crippen molar-refractivity contribution in [2.75, 3.05) is 5.73 Å². The molecule has 0 saturated carbocycles. The monoisotopic (exact) mass is 231 g/mol. The van der Waals surface area contributed by atoms with E-state index in [0.29, 0.717) is 4.47 Å². The highest BCUT2D eigenvalue weighted by molar-refractivity contribution is 9.10. The van der Waals surface area contributed by atoms with Gasteiger partial charge in [0.1, 0.15) is 5.82 Å². The molecule has 1 rings (SSSR count). The molecule has 0 fully saturated rings. The van der Waals surface area contributed by atoms with Gasteiger partial charge in [0.25, 0.3) is 0 Å². The van der Waals surface area contributed by atoms with E-state index in [-0.39, 0.29) is 17.0 Å². The molecule has 1 aromatic rings. The lowest BCUT2D eigenvalue weighted by Gasteiger charge is -2.04. The van der Waals surface area contributed by atoms with Crippen molar-refractivity contribution in [1.82, 2.24) is 0 Å². The number of nitrogen functional groups attached to an aromatic ring is 1. The predicted octanol–water partition coefficient (Wildman–Crippen LogP) is 2.37. The molecule has 0 amide bonds. The van der Waals surface area contributed by atoms with Crippen molar-refractivity contribution < 1.29 is 9.18 Å². The van der Waals surface area contributed by atoms with Gasteiger partial charge in [-0.2, -0.15) is 0 Å². The van der Waals surface area contributed by atoms with Gasteiger partial charge in [0, 0.05) is 4.47 Å². The lowest BCUT2D eigenvalue weighted by Crippen LogP contribution is -2.03. The maximum absolute atomic E-state index is 12.8. The van der Waals surface area contributed by atoms with Crippen molar-refractivity contribution in [1.29, 1.82) is 0 Å². The van der Waals surface area contributed by atoms with Gasteiger partial charge in [0.15, 0.2) is 5.78 Å². The molecule has 4 heteroatoms. The fourth-order valence-electron chi connectivity index (χ4n) is 0.925. The Morgan fingerprint density at radius 3 is 2.58 bits per heavy atom. The van der Waals surface area contributed by atoms with Crippen LogP contribution in [0.1, 0.15) is 17.3 Å². The smallest absolute Gasteiger partial charge is 0.163 e. The highest BCUT2D eigenvalue weighted by atomic mass is 79.9. The number of anilines is 1. The van der Waals surface area contributed by atoms with Gasteiger partial charge >= 0.3 is 0 Å². The van der Waals surface area contributed by atoms with Crippen molar-refractivity contribution in [2.24, 2.45) is 0 Å². The molecule has 1 aromatic carbocycles. The molecule has 0 aliphatic rings. The lowest BCUT2D eigenvalue weighted by atomic mass is 10.1. The van der Waals surface area contributed by atoms with Crippen molar-refractivity contribution in [3.8, 4) is 0 Å². The zero-order valence-corrected chi connectivity index (χ0v) is 7.98. The van der Waals surface area contributed by atoms with Crippen LogP contribution in [0.4, 0.5) is 10.1 Å². The van der Waals surface area contributed by atoms with Gasteiger partial charge in [-0.1, -0.05) is 0 Å². The Labute approximate surface area is 77.7 Å². The average molecular weight is 232 g/mol. The third-order valence-corrected chi connectivity index (χ3v) is 2.15. The summed E-state index contributed by atoms with van der Waals surface area (Å²) in [5, 5.41) is 0. The van der Waals surface area contributed by atoms with Crippen LogP contribution in [0.5, 0.6) is 0 Å². The Kier molecular flexibility index (Phi) is 2.47. The van der Waals surface area contributed by atoms with Crippen molar-refractivity contribution >= 4 is 27.4 Å². The predicted molar refractivity (Wildman–Crippen MR) is 48.5 cm³/mol. The Bertz CT molecular complexity index is 338. The van der Waals surface area contributed by atoms with Crippen LogP contribution in [0.2, 0.25) is 0 Å². The Morgan fingerprint density at radius 1 is 1.58 bits per heavy atom. The van der Waals surface area contributed by atoms with E-state index in [2.05, 4.69) is 15.9 Å². The molecule has 0 bridgehead atoms. The first-order chi connectivity index (χ1) is 5.54. The molecule has 12 heavy (non-hydrogen) atoms. The van der Waals surface area contributed by atoms with Gasteiger partial charge in [-0.15, -0.1) is 0 Å². The van der Waals surface area contributed by atoms with E-state index in [4.69, 9.17) is 5.73 Å². The SMILES string of the molecule is CC(=O)c1c(Br)ccc(F)c1N. The molecule has 0 radical (unpaired) electrons. The standard InChI is InChI=1S/C8H7BrFNO/c1-4(12)7-5(9)2-3-6(10)8(7)11/h2-3H,11H2,1H3. The second-order valence-electron chi connectivity index (χ2n) is 2.37. The molecule has 0 unspecified atom stereocenters. The maximum Gasteiger partial charge on any atom is 0.163 e. The number of carbonyl (C=O) groups excluding carboxylic acids is 1. The van der Waals surface area contributed by atoms with Crippen LogP contribution in [0.15, 0.2) is 16.6 Å². The maximum atomic E-state index is 12.8. The van der Waals surface area contributed by atoms with Crippen LogP contribution < -0.4 is 5.73 Å². The van der Waals surface area contributed by atoms with Crippen LogP contribution >= 0.6 is 15.9 Å². The van der Waals surface area contributed by atoms with Crippen molar-refractivity contribution in [2.45, 2.75) is 6.92 Å². The summed E-state index contributed by atoms with van der Waals surface area (Å²) >= 11 is 3.11. The number of nitrogens with two attached hydrogens (primary N) is 1. The van der Waals surface area contributed by atoms with Crippen LogP contribution in [-0.4, -0.2) is 5.78 Å². The summed E-state index contributed by atoms with van der Waals surface area (Å²) in [6.07, 6.45) is 0. The first kappa shape index (κ1) is 9.19. The number of ketones is 1. The fraction of sp³-hybridized carbons (Fsp3) is 0.125. The number of benzene rings is 1. The van der Waals surface area contributed by atoms with Gasteiger partial charge in [-0.05, 0) is 35.0 Å². The van der Waals surface area contributed by atoms with E-state index >= 15 is 0 Å². The molecule has 0 aliphatic heterocycles. The Balaban J connectivity index is 3.43. The first-order valence-corrected chi connectivity index (χ1v) is 4.07. The molecule has 0 heterocycles. The van der Waals surface area contributed by atoms with Crippen LogP contribution in [0.25, 0.3) is 0 Å². The van der Waals surface area contributed by atoms with E-state index < -0.39 is 5.82 Å². The molecule has 64 valence electrons. The quantitative estimate of drug-likeness (QED) is 0.596. The van der Waals surface area contributed by atoms with E-state index in [1.807, 2.05) is 0 Å². The third kappa shape index (κ3) is 1.48. The minimum atomic E-state index is -0.566. The summed E-state index contributed by atoms with van der Waals surface area (Å²) < 4.78 is 13.3. The van der Waals surface area contributed by atoms with Crippen molar-refractivity contribution in [3.63, 3.8) is 0 Å². The van der Waals surface area contributed by atoms with E-state index in [9.17, 15) is 9.18 Å². The Hall–Kier alpha value is -0.900. The van der Waals surface area contributed by atoms with Gasteiger partial charge in [0.2, 0.25) is 0 Å². The number of rotatable bonds is 1. The molecule has 0 spiro atoms. The summed E-state index contributed by atoms with van der Waals surface area (Å²) in [5.74, 6) is -0.817. The molecule has 0 aliphatic carbocycles. The summed E-state index contributed by atoms with van der Waals surface area (Å²) in [6, 6.07) is 2.67. The van der Waals surface area contributed by atoms with Gasteiger partial charge in [-0.25, -0.2) is 4.39 Å². The number of halogens is 2. The van der Waals surface area contributed by atoms with E-state index in [0.717, 1.165) is 0 Å². The molecule has 2 nitrogen and oxygen atoms in total. The first-order valence-electron chi connectivity index (χ1n) is 3.28. The fourth-order valence-corrected chi connectivity index (χ4v) is 1.55. The summed E-state index contributed by atoms with van der Waals surface area (Å²) in [4.78, 5) is 11.0. The molecule has 0 atom stereocenters. The molecular formula is C8H7BrFNO. The third-order valence-electron chi connectivity index (χ3n) is 1.49. The van der Waals surface area contributed by atoms with Crippen LogP contribution in [-0.2, 0) is 0 Å². The van der Waals surface area contributed by atoms with Gasteiger partial charge in [-0.3, -0.25) is 4.79 Å². The highest BCUT2D eigenvalue weighted by Crippen LogP contribution is 2.25. The molecule has 0 aromatic heterocycles. The summed E-state index contributed by atoms with van der Waals surface area (Å²) in [7, 11) is 0. The average Bonchev–Trinajstić information content (AvgIpc) is 1.97. The van der Waals surface area contributed by atoms with E-state index in [1.54, 1.807) is 0 Å². The van der Waals surface area contributed by atoms with E-state index in [1.165, 1.54) is 19.1 Å². The molecule has 2 N–H and O–H groups in total. The zero-order valence-electron chi connectivity index (χ0n) is 6.40. The number of hydrogen-bond acceptors (Lipinski definition) is 2. The van der Waals surface area contributed by atoms with Crippen molar-refractivity contribution in [3.05, 3.63) is 28.0 Å². The Morgan fingerprint density at radius 2 is 2.17 bits per heavy atom. The van der Waals surface area contributed by atoms with Crippen LogP contribution in [0, 0.1) is 5.82 Å².